The molecule has 5 heteroatoms. The number of hydrogen-bond donors (Lipinski definition) is 1. The summed E-state index contributed by atoms with van der Waals surface area (Å²) < 4.78 is 0. The smallest absolute Gasteiger partial charge is 0.261 e. The number of para-hydroxylation sites is 1. The molecular weight excluding hydrogens is 216 g/mol. The van der Waals surface area contributed by atoms with Gasteiger partial charge >= 0.3 is 0 Å². The van der Waals surface area contributed by atoms with Crippen LogP contribution in [-0.2, 0) is 0 Å². The zero-order valence-corrected chi connectivity index (χ0v) is 9.21. The molecule has 1 amide bonds. The standard InChI is InChI=1S/C12H10N4O/c1-16(12(17)10-7-14-15-8-10)11-5-3-2-4-9(11)6-13/h2-5,7-8H,1H3,(H,14,15). The molecule has 84 valence electrons. The highest BCUT2D eigenvalue weighted by Gasteiger charge is 2.16. The lowest BCUT2D eigenvalue weighted by atomic mass is 10.1. The number of amides is 1. The van der Waals surface area contributed by atoms with Crippen molar-refractivity contribution in [2.45, 2.75) is 0 Å². The van der Waals surface area contributed by atoms with Gasteiger partial charge in [-0.3, -0.25) is 9.89 Å². The Hall–Kier alpha value is -2.61. The molecule has 2 aromatic rings. The summed E-state index contributed by atoms with van der Waals surface area (Å²) in [4.78, 5) is 13.5. The molecule has 0 atom stereocenters. The molecule has 1 aromatic carbocycles. The van der Waals surface area contributed by atoms with Crippen molar-refractivity contribution in [3.8, 4) is 6.07 Å². The second kappa shape index (κ2) is 4.49. The first kappa shape index (κ1) is 10.9. The molecule has 0 unspecified atom stereocenters. The molecule has 0 spiro atoms. The monoisotopic (exact) mass is 226 g/mol. The van der Waals surface area contributed by atoms with E-state index in [9.17, 15) is 4.79 Å². The summed E-state index contributed by atoms with van der Waals surface area (Å²) in [5.41, 5.74) is 1.51. The number of carbonyl (C=O) groups excluding carboxylic acids is 1. The van der Waals surface area contributed by atoms with Gasteiger partial charge in [0, 0.05) is 13.2 Å². The van der Waals surface area contributed by atoms with Gasteiger partial charge in [-0.25, -0.2) is 0 Å². The van der Waals surface area contributed by atoms with Gasteiger partial charge in [0.25, 0.3) is 5.91 Å². The molecule has 17 heavy (non-hydrogen) atoms. The van der Waals surface area contributed by atoms with Gasteiger partial charge in [0.2, 0.25) is 0 Å². The number of aromatic amines is 1. The van der Waals surface area contributed by atoms with Gasteiger partial charge in [0.15, 0.2) is 0 Å². The van der Waals surface area contributed by atoms with Crippen LogP contribution in [0.15, 0.2) is 36.7 Å². The molecule has 0 aliphatic carbocycles. The Morgan fingerprint density at radius 2 is 2.24 bits per heavy atom. The molecular formula is C12H10N4O. The number of nitrogens with zero attached hydrogens (tertiary/aromatic N) is 3. The van der Waals surface area contributed by atoms with Gasteiger partial charge in [-0.1, -0.05) is 12.1 Å². The Balaban J connectivity index is 2.35. The van der Waals surface area contributed by atoms with Crippen molar-refractivity contribution in [3.05, 3.63) is 47.8 Å². The highest BCUT2D eigenvalue weighted by atomic mass is 16.2. The van der Waals surface area contributed by atoms with E-state index in [1.807, 2.05) is 0 Å². The number of anilines is 1. The number of carbonyl (C=O) groups is 1. The summed E-state index contributed by atoms with van der Waals surface area (Å²) >= 11 is 0. The van der Waals surface area contributed by atoms with E-state index < -0.39 is 0 Å². The largest absolute Gasteiger partial charge is 0.310 e. The van der Waals surface area contributed by atoms with E-state index in [2.05, 4.69) is 16.3 Å². The average Bonchev–Trinajstić information content (AvgIpc) is 2.90. The fourth-order valence-electron chi connectivity index (χ4n) is 1.53. The van der Waals surface area contributed by atoms with Gasteiger partial charge in [-0.15, -0.1) is 0 Å². The third kappa shape index (κ3) is 2.01. The molecule has 0 aliphatic heterocycles. The van der Waals surface area contributed by atoms with E-state index in [0.717, 1.165) is 0 Å². The minimum absolute atomic E-state index is 0.207. The van der Waals surface area contributed by atoms with Crippen molar-refractivity contribution in [1.29, 1.82) is 5.26 Å². The van der Waals surface area contributed by atoms with Crippen molar-refractivity contribution in [3.63, 3.8) is 0 Å². The van der Waals surface area contributed by atoms with Gasteiger partial charge in [0.05, 0.1) is 23.0 Å². The Bertz CT molecular complexity index is 568. The summed E-state index contributed by atoms with van der Waals surface area (Å²) in [7, 11) is 1.63. The second-order valence-electron chi connectivity index (χ2n) is 3.48. The Labute approximate surface area is 98.3 Å². The number of hydrogen-bond acceptors (Lipinski definition) is 3. The van der Waals surface area contributed by atoms with Crippen LogP contribution in [0.1, 0.15) is 15.9 Å². The van der Waals surface area contributed by atoms with E-state index in [1.54, 1.807) is 31.3 Å². The molecule has 0 fully saturated rings. The lowest BCUT2D eigenvalue weighted by Gasteiger charge is -2.17. The van der Waals surface area contributed by atoms with Crippen LogP contribution in [0.5, 0.6) is 0 Å². The second-order valence-corrected chi connectivity index (χ2v) is 3.48. The van der Waals surface area contributed by atoms with Crippen LogP contribution >= 0.6 is 0 Å². The maximum absolute atomic E-state index is 12.0. The molecule has 0 saturated heterocycles. The van der Waals surface area contributed by atoms with Crippen LogP contribution < -0.4 is 4.90 Å². The zero-order chi connectivity index (χ0) is 12.3. The minimum Gasteiger partial charge on any atom is -0.310 e. The number of nitriles is 1. The van der Waals surface area contributed by atoms with E-state index in [4.69, 9.17) is 5.26 Å². The van der Waals surface area contributed by atoms with Gasteiger partial charge in [-0.2, -0.15) is 10.4 Å². The molecule has 0 radical (unpaired) electrons. The van der Waals surface area contributed by atoms with Crippen LogP contribution in [0.25, 0.3) is 0 Å². The molecule has 1 N–H and O–H groups in total. The maximum atomic E-state index is 12.0. The van der Waals surface area contributed by atoms with E-state index in [1.165, 1.54) is 17.3 Å². The molecule has 5 nitrogen and oxygen atoms in total. The number of benzene rings is 1. The SMILES string of the molecule is CN(C(=O)c1cn[nH]c1)c1ccccc1C#N. The average molecular weight is 226 g/mol. The maximum Gasteiger partial charge on any atom is 0.261 e. The Morgan fingerprint density at radius 1 is 1.47 bits per heavy atom. The van der Waals surface area contributed by atoms with Crippen LogP contribution in [0.3, 0.4) is 0 Å². The zero-order valence-electron chi connectivity index (χ0n) is 9.21. The summed E-state index contributed by atoms with van der Waals surface area (Å²) in [6, 6.07) is 9.02. The van der Waals surface area contributed by atoms with Crippen LogP contribution in [-0.4, -0.2) is 23.2 Å². The fraction of sp³-hybridized carbons (Fsp3) is 0.0833. The first-order valence-corrected chi connectivity index (χ1v) is 5.00. The number of nitrogens with one attached hydrogen (secondary N) is 1. The third-order valence-corrected chi connectivity index (χ3v) is 2.44. The molecule has 0 bridgehead atoms. The van der Waals surface area contributed by atoms with Crippen LogP contribution in [0.4, 0.5) is 5.69 Å². The molecule has 0 saturated carbocycles. The van der Waals surface area contributed by atoms with Crippen molar-refractivity contribution in [2.75, 3.05) is 11.9 Å². The highest BCUT2D eigenvalue weighted by Crippen LogP contribution is 2.19. The van der Waals surface area contributed by atoms with Gasteiger partial charge < -0.3 is 4.90 Å². The number of aromatic nitrogens is 2. The van der Waals surface area contributed by atoms with Crippen molar-refractivity contribution < 1.29 is 4.79 Å². The van der Waals surface area contributed by atoms with E-state index in [-0.39, 0.29) is 5.91 Å². The third-order valence-electron chi connectivity index (χ3n) is 2.44. The Morgan fingerprint density at radius 3 is 2.88 bits per heavy atom. The van der Waals surface area contributed by atoms with Crippen molar-refractivity contribution in [1.82, 2.24) is 10.2 Å². The van der Waals surface area contributed by atoms with Crippen LogP contribution in [0, 0.1) is 11.3 Å². The van der Waals surface area contributed by atoms with E-state index >= 15 is 0 Å². The summed E-state index contributed by atoms with van der Waals surface area (Å²) in [6.45, 7) is 0. The molecule has 1 aromatic heterocycles. The van der Waals surface area contributed by atoms with Crippen molar-refractivity contribution >= 4 is 11.6 Å². The van der Waals surface area contributed by atoms with Crippen LogP contribution in [0.2, 0.25) is 0 Å². The predicted octanol–water partition coefficient (Wildman–Crippen LogP) is 1.56. The lowest BCUT2D eigenvalue weighted by Crippen LogP contribution is -2.26. The summed E-state index contributed by atoms with van der Waals surface area (Å²) in [6.07, 6.45) is 2.97. The van der Waals surface area contributed by atoms with Gasteiger partial charge in [0.1, 0.15) is 6.07 Å². The first-order valence-electron chi connectivity index (χ1n) is 5.00. The quantitative estimate of drug-likeness (QED) is 0.844. The predicted molar refractivity (Wildman–Crippen MR) is 62.5 cm³/mol. The molecule has 1 heterocycles. The Kier molecular flexibility index (Phi) is 2.88. The highest BCUT2D eigenvalue weighted by molar-refractivity contribution is 6.06. The fourth-order valence-corrected chi connectivity index (χ4v) is 1.53. The molecule has 2 rings (SSSR count). The number of rotatable bonds is 2. The summed E-state index contributed by atoms with van der Waals surface area (Å²) in [5.74, 6) is -0.207. The minimum atomic E-state index is -0.207. The molecule has 0 aliphatic rings. The first-order chi connectivity index (χ1) is 8.24. The van der Waals surface area contributed by atoms with Crippen molar-refractivity contribution in [2.24, 2.45) is 0 Å². The summed E-state index contributed by atoms with van der Waals surface area (Å²) in [5, 5.41) is 15.3. The normalized spacial score (nSPS) is 9.65. The van der Waals surface area contributed by atoms with Gasteiger partial charge in [-0.05, 0) is 12.1 Å². The lowest BCUT2D eigenvalue weighted by molar-refractivity contribution is 0.0993. The van der Waals surface area contributed by atoms with E-state index in [0.29, 0.717) is 16.8 Å². The topological polar surface area (TPSA) is 72.8 Å². The number of H-pyrrole nitrogens is 1.